The van der Waals surface area contributed by atoms with E-state index in [0.29, 0.717) is 11.4 Å². The number of anilines is 1. The van der Waals surface area contributed by atoms with Crippen molar-refractivity contribution < 1.29 is 9.72 Å². The highest BCUT2D eigenvalue weighted by Crippen LogP contribution is 2.22. The van der Waals surface area contributed by atoms with E-state index in [1.54, 1.807) is 13.0 Å². The van der Waals surface area contributed by atoms with Crippen LogP contribution in [0.1, 0.15) is 27.2 Å². The van der Waals surface area contributed by atoms with Crippen LogP contribution in [0.25, 0.3) is 0 Å². The highest BCUT2D eigenvalue weighted by atomic mass is 16.6. The Bertz CT molecular complexity index is 691. The molecule has 20 heavy (non-hydrogen) atoms. The zero-order chi connectivity index (χ0) is 14.9. The summed E-state index contributed by atoms with van der Waals surface area (Å²) < 4.78 is 0. The van der Waals surface area contributed by atoms with Crippen LogP contribution in [0.15, 0.2) is 18.2 Å². The predicted octanol–water partition coefficient (Wildman–Crippen LogP) is 2.50. The third-order valence-electron chi connectivity index (χ3n) is 3.23. The number of hydrogen-bond donors (Lipinski definition) is 2. The molecule has 0 radical (unpaired) electrons. The summed E-state index contributed by atoms with van der Waals surface area (Å²) in [6, 6.07) is 4.41. The number of aryl methyl sites for hydroxylation is 1. The SMILES string of the molecule is Cc1[nH]nc(NC(=O)c2cccc([N+](=O)[O-])c2C)c1C. The van der Waals surface area contributed by atoms with Crippen molar-refractivity contribution in [2.45, 2.75) is 20.8 Å². The lowest BCUT2D eigenvalue weighted by Crippen LogP contribution is -2.15. The van der Waals surface area contributed by atoms with Gasteiger partial charge in [0.1, 0.15) is 0 Å². The molecule has 1 amide bonds. The second kappa shape index (κ2) is 5.12. The second-order valence-electron chi connectivity index (χ2n) is 4.48. The molecular formula is C13H14N4O3. The van der Waals surface area contributed by atoms with Gasteiger partial charge in [0.15, 0.2) is 5.82 Å². The average molecular weight is 274 g/mol. The maximum atomic E-state index is 12.2. The number of carbonyl (C=O) groups is 1. The molecule has 2 N–H and O–H groups in total. The molecule has 0 saturated heterocycles. The number of H-pyrrole nitrogens is 1. The Morgan fingerprint density at radius 1 is 1.30 bits per heavy atom. The molecule has 0 atom stereocenters. The van der Waals surface area contributed by atoms with E-state index in [9.17, 15) is 14.9 Å². The highest BCUT2D eigenvalue weighted by Gasteiger charge is 2.19. The van der Waals surface area contributed by atoms with Gasteiger partial charge in [-0.25, -0.2) is 0 Å². The van der Waals surface area contributed by atoms with Crippen LogP contribution in [0.5, 0.6) is 0 Å². The number of hydrogen-bond acceptors (Lipinski definition) is 4. The molecule has 1 aromatic carbocycles. The van der Waals surface area contributed by atoms with Crippen molar-refractivity contribution in [1.29, 1.82) is 0 Å². The lowest BCUT2D eigenvalue weighted by molar-refractivity contribution is -0.385. The van der Waals surface area contributed by atoms with E-state index in [2.05, 4.69) is 15.5 Å². The molecule has 2 rings (SSSR count). The number of carbonyl (C=O) groups excluding carboxylic acids is 1. The molecule has 2 aromatic rings. The van der Waals surface area contributed by atoms with E-state index < -0.39 is 10.8 Å². The van der Waals surface area contributed by atoms with Crippen LogP contribution >= 0.6 is 0 Å². The number of aromatic nitrogens is 2. The van der Waals surface area contributed by atoms with E-state index in [1.165, 1.54) is 12.1 Å². The van der Waals surface area contributed by atoms with E-state index >= 15 is 0 Å². The standard InChI is InChI=1S/C13H14N4O3/c1-7-9(3)15-16-12(7)14-13(18)10-5-4-6-11(8(10)2)17(19)20/h4-6H,1-3H3,(H2,14,15,16,18). The number of nitro benzene ring substituents is 1. The lowest BCUT2D eigenvalue weighted by atomic mass is 10.1. The Hall–Kier alpha value is -2.70. The summed E-state index contributed by atoms with van der Waals surface area (Å²) in [5.41, 5.74) is 2.21. The number of nitro groups is 1. The molecule has 0 bridgehead atoms. The molecule has 104 valence electrons. The molecule has 0 saturated carbocycles. The summed E-state index contributed by atoms with van der Waals surface area (Å²) in [6.45, 7) is 5.22. The minimum atomic E-state index is -0.504. The lowest BCUT2D eigenvalue weighted by Gasteiger charge is -2.06. The normalized spacial score (nSPS) is 10.3. The van der Waals surface area contributed by atoms with Gasteiger partial charge in [-0.3, -0.25) is 20.0 Å². The largest absolute Gasteiger partial charge is 0.305 e. The molecule has 1 heterocycles. The Morgan fingerprint density at radius 2 is 2.00 bits per heavy atom. The van der Waals surface area contributed by atoms with Crippen LogP contribution in [0.3, 0.4) is 0 Å². The molecule has 0 fully saturated rings. The topological polar surface area (TPSA) is 101 Å². The van der Waals surface area contributed by atoms with Gasteiger partial charge in [-0.05, 0) is 26.8 Å². The zero-order valence-electron chi connectivity index (χ0n) is 11.4. The van der Waals surface area contributed by atoms with Crippen molar-refractivity contribution in [2.75, 3.05) is 5.32 Å². The second-order valence-corrected chi connectivity index (χ2v) is 4.48. The third kappa shape index (κ3) is 2.37. The smallest absolute Gasteiger partial charge is 0.273 e. The Balaban J connectivity index is 2.33. The van der Waals surface area contributed by atoms with Crippen LogP contribution < -0.4 is 5.32 Å². The maximum absolute atomic E-state index is 12.2. The van der Waals surface area contributed by atoms with Crippen LogP contribution in [0, 0.1) is 30.9 Å². The fourth-order valence-corrected chi connectivity index (χ4v) is 1.85. The van der Waals surface area contributed by atoms with Crippen molar-refractivity contribution in [2.24, 2.45) is 0 Å². The zero-order valence-corrected chi connectivity index (χ0v) is 11.4. The van der Waals surface area contributed by atoms with Crippen molar-refractivity contribution in [1.82, 2.24) is 10.2 Å². The Morgan fingerprint density at radius 3 is 2.55 bits per heavy atom. The first-order valence-electron chi connectivity index (χ1n) is 5.98. The molecule has 0 aliphatic rings. The van der Waals surface area contributed by atoms with Gasteiger partial charge < -0.3 is 5.32 Å². The highest BCUT2D eigenvalue weighted by molar-refractivity contribution is 6.05. The average Bonchev–Trinajstić information content (AvgIpc) is 2.70. The van der Waals surface area contributed by atoms with Crippen LogP contribution in [-0.2, 0) is 0 Å². The van der Waals surface area contributed by atoms with Crippen LogP contribution in [0.2, 0.25) is 0 Å². The maximum Gasteiger partial charge on any atom is 0.273 e. The first-order valence-corrected chi connectivity index (χ1v) is 5.98. The molecular weight excluding hydrogens is 260 g/mol. The van der Waals surface area contributed by atoms with Crippen molar-refractivity contribution >= 4 is 17.4 Å². The van der Waals surface area contributed by atoms with Gasteiger partial charge in [0.25, 0.3) is 11.6 Å². The minimum Gasteiger partial charge on any atom is -0.305 e. The summed E-state index contributed by atoms with van der Waals surface area (Å²) in [5, 5.41) is 20.3. The molecule has 7 heteroatoms. The predicted molar refractivity (Wildman–Crippen MR) is 73.8 cm³/mol. The van der Waals surface area contributed by atoms with E-state index in [1.807, 2.05) is 13.8 Å². The molecule has 0 aliphatic heterocycles. The molecule has 7 nitrogen and oxygen atoms in total. The molecule has 0 aliphatic carbocycles. The fourth-order valence-electron chi connectivity index (χ4n) is 1.85. The van der Waals surface area contributed by atoms with Gasteiger partial charge in [0.2, 0.25) is 0 Å². The van der Waals surface area contributed by atoms with Crippen molar-refractivity contribution in [3.8, 4) is 0 Å². The van der Waals surface area contributed by atoms with Gasteiger partial charge in [-0.2, -0.15) is 5.10 Å². The summed E-state index contributed by atoms with van der Waals surface area (Å²) >= 11 is 0. The Kier molecular flexibility index (Phi) is 3.51. The third-order valence-corrected chi connectivity index (χ3v) is 3.23. The minimum absolute atomic E-state index is 0.0763. The molecule has 0 spiro atoms. The van der Waals surface area contributed by atoms with Gasteiger partial charge in [0.05, 0.1) is 4.92 Å². The number of benzene rings is 1. The number of nitrogens with one attached hydrogen (secondary N) is 2. The fraction of sp³-hybridized carbons (Fsp3) is 0.231. The summed E-state index contributed by atoms with van der Waals surface area (Å²) in [4.78, 5) is 22.5. The monoisotopic (exact) mass is 274 g/mol. The van der Waals surface area contributed by atoms with E-state index in [4.69, 9.17) is 0 Å². The Labute approximate surface area is 115 Å². The van der Waals surface area contributed by atoms with Crippen LogP contribution in [-0.4, -0.2) is 21.0 Å². The summed E-state index contributed by atoms with van der Waals surface area (Å²) in [6.07, 6.45) is 0. The molecule has 1 aromatic heterocycles. The number of amides is 1. The number of rotatable bonds is 3. The number of aromatic amines is 1. The van der Waals surface area contributed by atoms with Crippen molar-refractivity contribution in [3.05, 3.63) is 50.7 Å². The first-order chi connectivity index (χ1) is 9.41. The summed E-state index contributed by atoms with van der Waals surface area (Å²) in [7, 11) is 0. The van der Waals surface area contributed by atoms with E-state index in [-0.39, 0.29) is 11.3 Å². The van der Waals surface area contributed by atoms with E-state index in [0.717, 1.165) is 11.3 Å². The van der Waals surface area contributed by atoms with Crippen LogP contribution in [0.4, 0.5) is 11.5 Å². The number of nitrogens with zero attached hydrogens (tertiary/aromatic N) is 2. The van der Waals surface area contributed by atoms with Gasteiger partial charge in [0, 0.05) is 28.5 Å². The van der Waals surface area contributed by atoms with Gasteiger partial charge in [-0.15, -0.1) is 0 Å². The first kappa shape index (κ1) is 13.7. The molecule has 0 unspecified atom stereocenters. The quantitative estimate of drug-likeness (QED) is 0.663. The van der Waals surface area contributed by atoms with Crippen molar-refractivity contribution in [3.63, 3.8) is 0 Å². The summed E-state index contributed by atoms with van der Waals surface area (Å²) in [5.74, 6) is 0.0132. The van der Waals surface area contributed by atoms with Gasteiger partial charge >= 0.3 is 0 Å². The van der Waals surface area contributed by atoms with Gasteiger partial charge in [-0.1, -0.05) is 6.07 Å².